The second-order valence-corrected chi connectivity index (χ2v) is 3.32. The van der Waals surface area contributed by atoms with Gasteiger partial charge in [-0.25, -0.2) is 0 Å². The van der Waals surface area contributed by atoms with Crippen molar-refractivity contribution in [3.05, 3.63) is 23.8 Å². The maximum atomic E-state index is 10.7. The summed E-state index contributed by atoms with van der Waals surface area (Å²) in [5.41, 5.74) is 7.26. The van der Waals surface area contributed by atoms with Gasteiger partial charge in [-0.2, -0.15) is 8.75 Å². The smallest absolute Gasteiger partial charge is 0.325 e. The van der Waals surface area contributed by atoms with Gasteiger partial charge in [-0.15, -0.1) is 0 Å². The number of carboxylic acids is 1. The highest BCUT2D eigenvalue weighted by atomic mass is 32.1. The van der Waals surface area contributed by atoms with Crippen molar-refractivity contribution >= 4 is 28.7 Å². The van der Waals surface area contributed by atoms with Crippen molar-refractivity contribution in [2.45, 2.75) is 6.04 Å². The molecule has 6 heteroatoms. The summed E-state index contributed by atoms with van der Waals surface area (Å²) < 4.78 is 8.01. The molecule has 0 spiro atoms. The summed E-state index contributed by atoms with van der Waals surface area (Å²) in [5.74, 6) is -1.06. The van der Waals surface area contributed by atoms with Crippen molar-refractivity contribution in [1.29, 1.82) is 0 Å². The van der Waals surface area contributed by atoms with Crippen LogP contribution in [0, 0.1) is 0 Å². The van der Waals surface area contributed by atoms with Crippen LogP contribution in [0.15, 0.2) is 18.2 Å². The third kappa shape index (κ3) is 1.34. The molecule has 0 bridgehead atoms. The summed E-state index contributed by atoms with van der Waals surface area (Å²) in [5, 5.41) is 8.76. The van der Waals surface area contributed by atoms with Gasteiger partial charge in [0.05, 0.1) is 11.7 Å². The normalized spacial score (nSPS) is 12.9. The molecule has 3 N–H and O–H groups in total. The maximum Gasteiger partial charge on any atom is 0.325 e. The predicted molar refractivity (Wildman–Crippen MR) is 52.0 cm³/mol. The number of fused-ring (bicyclic) bond motifs is 1. The predicted octanol–water partition coefficient (Wildman–Crippen LogP) is 0.776. The molecule has 0 unspecified atom stereocenters. The van der Waals surface area contributed by atoms with E-state index < -0.39 is 12.0 Å². The lowest BCUT2D eigenvalue weighted by atomic mass is 10.1. The van der Waals surface area contributed by atoms with Crippen molar-refractivity contribution < 1.29 is 9.90 Å². The molecule has 0 amide bonds. The van der Waals surface area contributed by atoms with E-state index in [0.717, 1.165) is 11.7 Å². The maximum absolute atomic E-state index is 10.7. The molecular formula is C8H7N3O2S. The molecule has 0 aliphatic rings. The van der Waals surface area contributed by atoms with E-state index in [-0.39, 0.29) is 0 Å². The second kappa shape index (κ2) is 3.32. The Labute approximate surface area is 83.5 Å². The molecule has 2 rings (SSSR count). The van der Waals surface area contributed by atoms with Gasteiger partial charge in [-0.05, 0) is 6.07 Å². The highest BCUT2D eigenvalue weighted by Gasteiger charge is 2.18. The quantitative estimate of drug-likeness (QED) is 0.762. The number of nitrogens with two attached hydrogens (primary N) is 1. The summed E-state index contributed by atoms with van der Waals surface area (Å²) in [4.78, 5) is 10.7. The zero-order valence-corrected chi connectivity index (χ0v) is 7.86. The Morgan fingerprint density at radius 2 is 2.29 bits per heavy atom. The van der Waals surface area contributed by atoms with Crippen LogP contribution < -0.4 is 5.73 Å². The fourth-order valence-electron chi connectivity index (χ4n) is 1.21. The van der Waals surface area contributed by atoms with Gasteiger partial charge < -0.3 is 10.8 Å². The Hall–Kier alpha value is -1.53. The van der Waals surface area contributed by atoms with Gasteiger partial charge in [-0.3, -0.25) is 4.79 Å². The first-order chi connectivity index (χ1) is 6.70. The van der Waals surface area contributed by atoms with Crippen LogP contribution in [-0.4, -0.2) is 19.8 Å². The number of hydrogen-bond acceptors (Lipinski definition) is 5. The molecule has 1 heterocycles. The molecule has 1 atom stereocenters. The average molecular weight is 209 g/mol. The zero-order valence-electron chi connectivity index (χ0n) is 7.04. The lowest BCUT2D eigenvalue weighted by Crippen LogP contribution is -2.20. The number of aromatic nitrogens is 2. The summed E-state index contributed by atoms with van der Waals surface area (Å²) in [7, 11) is 0. The monoisotopic (exact) mass is 209 g/mol. The van der Waals surface area contributed by atoms with Crippen LogP contribution in [0.2, 0.25) is 0 Å². The molecule has 0 saturated carbocycles. The third-order valence-electron chi connectivity index (χ3n) is 1.92. The second-order valence-electron chi connectivity index (χ2n) is 2.80. The van der Waals surface area contributed by atoms with Crippen molar-refractivity contribution in [1.82, 2.24) is 8.75 Å². The third-order valence-corrected chi connectivity index (χ3v) is 2.46. The first-order valence-corrected chi connectivity index (χ1v) is 4.63. The molecule has 72 valence electrons. The Bertz CT molecular complexity index is 482. The van der Waals surface area contributed by atoms with Gasteiger partial charge in [0.15, 0.2) is 0 Å². The minimum absolute atomic E-state index is 0.503. The van der Waals surface area contributed by atoms with Crippen molar-refractivity contribution in [2.24, 2.45) is 5.73 Å². The van der Waals surface area contributed by atoms with Gasteiger partial charge in [-0.1, -0.05) is 12.1 Å². The highest BCUT2D eigenvalue weighted by Crippen LogP contribution is 2.21. The number of aliphatic carboxylic acids is 1. The zero-order chi connectivity index (χ0) is 10.1. The summed E-state index contributed by atoms with van der Waals surface area (Å²) >= 11 is 1.05. The summed E-state index contributed by atoms with van der Waals surface area (Å²) in [6.07, 6.45) is 0. The van der Waals surface area contributed by atoms with Gasteiger partial charge in [0.2, 0.25) is 0 Å². The molecule has 1 aromatic heterocycles. The van der Waals surface area contributed by atoms with Crippen molar-refractivity contribution in [2.75, 3.05) is 0 Å². The lowest BCUT2D eigenvalue weighted by molar-refractivity contribution is -0.138. The largest absolute Gasteiger partial charge is 0.480 e. The van der Waals surface area contributed by atoms with E-state index in [0.29, 0.717) is 16.6 Å². The Morgan fingerprint density at radius 1 is 1.50 bits per heavy atom. The minimum atomic E-state index is -1.06. The van der Waals surface area contributed by atoms with Crippen LogP contribution in [0.4, 0.5) is 0 Å². The van der Waals surface area contributed by atoms with Crippen LogP contribution in [0.5, 0.6) is 0 Å². The number of hydrogen-bond donors (Lipinski definition) is 2. The van der Waals surface area contributed by atoms with E-state index in [9.17, 15) is 4.79 Å². The van der Waals surface area contributed by atoms with Crippen LogP contribution in [0.25, 0.3) is 11.0 Å². The molecule has 14 heavy (non-hydrogen) atoms. The van der Waals surface area contributed by atoms with E-state index in [2.05, 4.69) is 8.75 Å². The van der Waals surface area contributed by atoms with E-state index in [1.165, 1.54) is 0 Å². The SMILES string of the molecule is N[C@H](C(=O)O)c1cccc2nsnc12. The molecule has 0 saturated heterocycles. The number of carbonyl (C=O) groups is 1. The van der Waals surface area contributed by atoms with Crippen LogP contribution in [0.3, 0.4) is 0 Å². The molecular weight excluding hydrogens is 202 g/mol. The lowest BCUT2D eigenvalue weighted by Gasteiger charge is -2.05. The molecule has 5 nitrogen and oxygen atoms in total. The average Bonchev–Trinajstić information content (AvgIpc) is 2.63. The number of rotatable bonds is 2. The van der Waals surface area contributed by atoms with Gasteiger partial charge in [0.25, 0.3) is 0 Å². The molecule has 2 aromatic rings. The van der Waals surface area contributed by atoms with Gasteiger partial charge in [0, 0.05) is 5.56 Å². The van der Waals surface area contributed by atoms with E-state index >= 15 is 0 Å². The van der Waals surface area contributed by atoms with E-state index in [4.69, 9.17) is 10.8 Å². The fourth-order valence-corrected chi connectivity index (χ4v) is 1.77. The van der Waals surface area contributed by atoms with Crippen LogP contribution in [0.1, 0.15) is 11.6 Å². The van der Waals surface area contributed by atoms with Crippen LogP contribution in [-0.2, 0) is 4.79 Å². The number of nitrogens with zero attached hydrogens (tertiary/aromatic N) is 2. The Kier molecular flexibility index (Phi) is 2.14. The fraction of sp³-hybridized carbons (Fsp3) is 0.125. The van der Waals surface area contributed by atoms with Crippen LogP contribution >= 0.6 is 11.7 Å². The van der Waals surface area contributed by atoms with E-state index in [1.807, 2.05) is 0 Å². The number of benzene rings is 1. The summed E-state index contributed by atoms with van der Waals surface area (Å²) in [6.45, 7) is 0. The topological polar surface area (TPSA) is 89.1 Å². The first kappa shape index (κ1) is 9.04. The molecule has 0 radical (unpaired) electrons. The Balaban J connectivity index is 2.61. The standard InChI is InChI=1S/C8H7N3O2S/c9-6(8(12)13)4-2-1-3-5-7(4)11-14-10-5/h1-3,6H,9H2,(H,12,13)/t6-/m0/s1. The van der Waals surface area contributed by atoms with Crippen molar-refractivity contribution in [3.8, 4) is 0 Å². The minimum Gasteiger partial charge on any atom is -0.480 e. The summed E-state index contributed by atoms with van der Waals surface area (Å²) in [6, 6.07) is 4.11. The highest BCUT2D eigenvalue weighted by molar-refractivity contribution is 7.00. The van der Waals surface area contributed by atoms with Gasteiger partial charge >= 0.3 is 5.97 Å². The van der Waals surface area contributed by atoms with E-state index in [1.54, 1.807) is 18.2 Å². The molecule has 1 aromatic carbocycles. The Morgan fingerprint density at radius 3 is 3.00 bits per heavy atom. The molecule has 0 aliphatic carbocycles. The molecule has 0 aliphatic heterocycles. The molecule has 0 fully saturated rings. The van der Waals surface area contributed by atoms with Crippen molar-refractivity contribution in [3.63, 3.8) is 0 Å². The van der Waals surface area contributed by atoms with Gasteiger partial charge in [0.1, 0.15) is 17.1 Å². The first-order valence-electron chi connectivity index (χ1n) is 3.89. The number of carboxylic acid groups (broad SMARTS) is 1.